The summed E-state index contributed by atoms with van der Waals surface area (Å²) in [5.74, 6) is -0.506. The summed E-state index contributed by atoms with van der Waals surface area (Å²) in [6.45, 7) is 1.81. The summed E-state index contributed by atoms with van der Waals surface area (Å²) in [6, 6.07) is 4.68. The predicted molar refractivity (Wildman–Crippen MR) is 72.2 cm³/mol. The number of nitrogen functional groups attached to an aromatic ring is 1. The Morgan fingerprint density at radius 2 is 2.06 bits per heavy atom. The number of hydrogen-bond donors (Lipinski definition) is 3. The third-order valence-electron chi connectivity index (χ3n) is 2.48. The molecule has 0 fully saturated rings. The number of carbonyl (C=O) groups is 1. The van der Waals surface area contributed by atoms with Crippen molar-refractivity contribution in [3.05, 3.63) is 23.8 Å². The number of carbonyl (C=O) groups excluding carboxylic acids is 1. The Hall–Kier alpha value is -1.76. The standard InChI is InChI=1S/C11H17N3O3S/c1-2-18(16,17)6-5-14-10-4-3-8(12)7-9(10)11(13)15/h3-4,7,14H,2,5-6,12H2,1H3,(H2,13,15). The summed E-state index contributed by atoms with van der Waals surface area (Å²) in [6.07, 6.45) is 0. The third-order valence-corrected chi connectivity index (χ3v) is 4.18. The van der Waals surface area contributed by atoms with Crippen LogP contribution in [0.4, 0.5) is 11.4 Å². The number of benzene rings is 1. The van der Waals surface area contributed by atoms with E-state index >= 15 is 0 Å². The van der Waals surface area contributed by atoms with Gasteiger partial charge in [0.1, 0.15) is 0 Å². The quantitative estimate of drug-likeness (QED) is 0.640. The van der Waals surface area contributed by atoms with E-state index in [0.717, 1.165) is 0 Å². The van der Waals surface area contributed by atoms with Gasteiger partial charge in [-0.2, -0.15) is 0 Å². The zero-order valence-corrected chi connectivity index (χ0v) is 11.0. The number of nitrogens with one attached hydrogen (secondary N) is 1. The number of anilines is 2. The van der Waals surface area contributed by atoms with Crippen LogP contribution in [-0.2, 0) is 9.84 Å². The van der Waals surface area contributed by atoms with E-state index in [-0.39, 0.29) is 23.6 Å². The molecule has 0 saturated carbocycles. The van der Waals surface area contributed by atoms with Crippen molar-refractivity contribution in [3.63, 3.8) is 0 Å². The Morgan fingerprint density at radius 3 is 2.61 bits per heavy atom. The number of sulfone groups is 1. The summed E-state index contributed by atoms with van der Waals surface area (Å²) < 4.78 is 22.6. The van der Waals surface area contributed by atoms with Gasteiger partial charge in [0.15, 0.2) is 9.84 Å². The normalized spacial score (nSPS) is 11.2. The summed E-state index contributed by atoms with van der Waals surface area (Å²) in [5, 5.41) is 2.88. The third kappa shape index (κ3) is 3.92. The Morgan fingerprint density at radius 1 is 1.39 bits per heavy atom. The average Bonchev–Trinajstić information content (AvgIpc) is 2.30. The van der Waals surface area contributed by atoms with E-state index in [1.54, 1.807) is 19.1 Å². The van der Waals surface area contributed by atoms with Crippen molar-refractivity contribution in [1.82, 2.24) is 0 Å². The molecule has 0 bridgehead atoms. The van der Waals surface area contributed by atoms with Crippen molar-refractivity contribution in [2.45, 2.75) is 6.92 Å². The van der Waals surface area contributed by atoms with Crippen LogP contribution in [0.25, 0.3) is 0 Å². The summed E-state index contributed by atoms with van der Waals surface area (Å²) in [4.78, 5) is 11.2. The van der Waals surface area contributed by atoms with Gasteiger partial charge in [-0.1, -0.05) is 6.92 Å². The van der Waals surface area contributed by atoms with Crippen molar-refractivity contribution in [2.24, 2.45) is 5.73 Å². The molecule has 5 N–H and O–H groups in total. The molecule has 6 nitrogen and oxygen atoms in total. The van der Waals surface area contributed by atoms with Gasteiger partial charge in [0.25, 0.3) is 5.91 Å². The second kappa shape index (κ2) is 5.72. The number of primary amides is 1. The molecule has 100 valence electrons. The van der Waals surface area contributed by atoms with Gasteiger partial charge in [0.05, 0.1) is 11.3 Å². The first-order valence-corrected chi connectivity index (χ1v) is 7.31. The highest BCUT2D eigenvalue weighted by molar-refractivity contribution is 7.91. The predicted octanol–water partition coefficient (Wildman–Crippen LogP) is 0.214. The number of hydrogen-bond acceptors (Lipinski definition) is 5. The number of nitrogens with two attached hydrogens (primary N) is 2. The van der Waals surface area contributed by atoms with Crippen molar-refractivity contribution < 1.29 is 13.2 Å². The molecule has 0 aliphatic rings. The van der Waals surface area contributed by atoms with Crippen molar-refractivity contribution >= 4 is 27.1 Å². The first-order chi connectivity index (χ1) is 8.35. The highest BCUT2D eigenvalue weighted by atomic mass is 32.2. The fourth-order valence-electron chi connectivity index (χ4n) is 1.41. The Bertz CT molecular complexity index is 540. The van der Waals surface area contributed by atoms with Crippen LogP contribution in [-0.4, -0.2) is 32.4 Å². The Labute approximate surface area is 106 Å². The minimum absolute atomic E-state index is 0.00603. The molecule has 0 spiro atoms. The van der Waals surface area contributed by atoms with Crippen LogP contribution in [0.15, 0.2) is 18.2 Å². The first kappa shape index (κ1) is 14.3. The molecule has 0 unspecified atom stereocenters. The fourth-order valence-corrected chi connectivity index (χ4v) is 2.11. The number of amides is 1. The van der Waals surface area contributed by atoms with Crippen molar-refractivity contribution in [3.8, 4) is 0 Å². The minimum Gasteiger partial charge on any atom is -0.399 e. The Kier molecular flexibility index (Phi) is 4.55. The maximum atomic E-state index is 11.3. The lowest BCUT2D eigenvalue weighted by Gasteiger charge is -2.10. The van der Waals surface area contributed by atoms with E-state index < -0.39 is 15.7 Å². The molecule has 0 aliphatic heterocycles. The van der Waals surface area contributed by atoms with Gasteiger partial charge >= 0.3 is 0 Å². The largest absolute Gasteiger partial charge is 0.399 e. The molecule has 1 amide bonds. The van der Waals surface area contributed by atoms with Gasteiger partial charge in [-0.15, -0.1) is 0 Å². The van der Waals surface area contributed by atoms with E-state index in [4.69, 9.17) is 11.5 Å². The van der Waals surface area contributed by atoms with Crippen LogP contribution in [0.5, 0.6) is 0 Å². The monoisotopic (exact) mass is 271 g/mol. The smallest absolute Gasteiger partial charge is 0.250 e. The lowest BCUT2D eigenvalue weighted by Crippen LogP contribution is -2.20. The molecule has 7 heteroatoms. The second-order valence-electron chi connectivity index (χ2n) is 3.83. The van der Waals surface area contributed by atoms with Gasteiger partial charge in [-0.25, -0.2) is 8.42 Å². The molecule has 1 aromatic rings. The zero-order chi connectivity index (χ0) is 13.8. The molecule has 0 radical (unpaired) electrons. The molecule has 18 heavy (non-hydrogen) atoms. The SMILES string of the molecule is CCS(=O)(=O)CCNc1ccc(N)cc1C(N)=O. The molecule has 0 heterocycles. The molecule has 0 atom stereocenters. The zero-order valence-electron chi connectivity index (χ0n) is 10.1. The maximum absolute atomic E-state index is 11.3. The van der Waals surface area contributed by atoms with E-state index in [1.807, 2.05) is 0 Å². The number of rotatable bonds is 6. The van der Waals surface area contributed by atoms with Gasteiger partial charge in [-0.05, 0) is 18.2 Å². The highest BCUT2D eigenvalue weighted by Crippen LogP contribution is 2.18. The van der Waals surface area contributed by atoms with Crippen molar-refractivity contribution in [2.75, 3.05) is 29.1 Å². The van der Waals surface area contributed by atoms with E-state index in [2.05, 4.69) is 5.32 Å². The average molecular weight is 271 g/mol. The van der Waals surface area contributed by atoms with Crippen LogP contribution in [0, 0.1) is 0 Å². The van der Waals surface area contributed by atoms with Crippen LogP contribution < -0.4 is 16.8 Å². The van der Waals surface area contributed by atoms with Crippen molar-refractivity contribution in [1.29, 1.82) is 0 Å². The maximum Gasteiger partial charge on any atom is 0.250 e. The molecular formula is C11H17N3O3S. The molecule has 0 saturated heterocycles. The molecule has 1 rings (SSSR count). The topological polar surface area (TPSA) is 115 Å². The summed E-state index contributed by atoms with van der Waals surface area (Å²) in [7, 11) is -3.03. The van der Waals surface area contributed by atoms with Crippen LogP contribution in [0.1, 0.15) is 17.3 Å². The molecule has 0 aromatic heterocycles. The van der Waals surface area contributed by atoms with E-state index in [0.29, 0.717) is 11.4 Å². The molecule has 0 aliphatic carbocycles. The first-order valence-electron chi connectivity index (χ1n) is 5.49. The van der Waals surface area contributed by atoms with Crippen LogP contribution >= 0.6 is 0 Å². The van der Waals surface area contributed by atoms with E-state index in [1.165, 1.54) is 6.07 Å². The lowest BCUT2D eigenvalue weighted by atomic mass is 10.1. The van der Waals surface area contributed by atoms with Gasteiger partial charge in [0, 0.05) is 23.7 Å². The van der Waals surface area contributed by atoms with Gasteiger partial charge in [0.2, 0.25) is 0 Å². The molecular weight excluding hydrogens is 254 g/mol. The van der Waals surface area contributed by atoms with Crippen LogP contribution in [0.2, 0.25) is 0 Å². The van der Waals surface area contributed by atoms with E-state index in [9.17, 15) is 13.2 Å². The Balaban J connectivity index is 2.77. The molecule has 1 aromatic carbocycles. The summed E-state index contributed by atoms with van der Waals surface area (Å²) >= 11 is 0. The summed E-state index contributed by atoms with van der Waals surface area (Å²) in [5.41, 5.74) is 11.9. The van der Waals surface area contributed by atoms with Gasteiger partial charge < -0.3 is 16.8 Å². The van der Waals surface area contributed by atoms with Gasteiger partial charge in [-0.3, -0.25) is 4.79 Å². The lowest BCUT2D eigenvalue weighted by molar-refractivity contribution is 0.100. The van der Waals surface area contributed by atoms with Crippen LogP contribution in [0.3, 0.4) is 0 Å². The fraction of sp³-hybridized carbons (Fsp3) is 0.364. The second-order valence-corrected chi connectivity index (χ2v) is 6.31. The minimum atomic E-state index is -3.03. The highest BCUT2D eigenvalue weighted by Gasteiger charge is 2.10.